The van der Waals surface area contributed by atoms with Crippen LogP contribution in [-0.2, 0) is 6.54 Å². The molecule has 2 heterocycles. The molecule has 0 aliphatic carbocycles. The zero-order valence-corrected chi connectivity index (χ0v) is 12.9. The van der Waals surface area contributed by atoms with Crippen molar-refractivity contribution in [3.63, 3.8) is 0 Å². The van der Waals surface area contributed by atoms with E-state index in [1.807, 2.05) is 30.7 Å². The molecule has 0 bridgehead atoms. The van der Waals surface area contributed by atoms with Crippen molar-refractivity contribution < 1.29 is 4.74 Å². The topological polar surface area (TPSA) is 39.1 Å². The van der Waals surface area contributed by atoms with E-state index in [1.54, 1.807) is 7.11 Å². The first kappa shape index (κ1) is 14.4. The van der Waals surface area contributed by atoms with E-state index in [0.717, 1.165) is 29.4 Å². The third kappa shape index (κ3) is 3.06. The van der Waals surface area contributed by atoms with Crippen molar-refractivity contribution >= 4 is 11.6 Å². The number of rotatable bonds is 4. The van der Waals surface area contributed by atoms with Gasteiger partial charge >= 0.3 is 0 Å². The van der Waals surface area contributed by atoms with Gasteiger partial charge in [0, 0.05) is 34.9 Å². The fraction of sp³-hybridized carbons (Fsp3) is 0.438. The molecule has 4 nitrogen and oxygen atoms in total. The number of halogens is 1. The van der Waals surface area contributed by atoms with Crippen LogP contribution in [0.4, 0.5) is 0 Å². The maximum atomic E-state index is 6.34. The van der Waals surface area contributed by atoms with Crippen LogP contribution in [0.3, 0.4) is 0 Å². The number of hydrogen-bond acceptors (Lipinski definition) is 3. The van der Waals surface area contributed by atoms with Gasteiger partial charge in [-0.25, -0.2) is 4.98 Å². The Kier molecular flexibility index (Phi) is 4.46. The number of hydrogen-bond donors (Lipinski definition) is 1. The molecule has 0 spiro atoms. The maximum Gasteiger partial charge on any atom is 0.125 e. The second kappa shape index (κ2) is 6.50. The number of ether oxygens (including phenoxy) is 1. The zero-order chi connectivity index (χ0) is 14.7. The molecule has 3 rings (SSSR count). The van der Waals surface area contributed by atoms with Crippen molar-refractivity contribution in [2.75, 3.05) is 20.2 Å². The number of nitrogens with one attached hydrogen (secondary N) is 1. The predicted molar refractivity (Wildman–Crippen MR) is 84.2 cm³/mol. The van der Waals surface area contributed by atoms with E-state index < -0.39 is 0 Å². The van der Waals surface area contributed by atoms with Gasteiger partial charge in [-0.15, -0.1) is 0 Å². The van der Waals surface area contributed by atoms with Crippen LogP contribution in [0.2, 0.25) is 5.02 Å². The second-order valence-corrected chi connectivity index (χ2v) is 5.82. The lowest BCUT2D eigenvalue weighted by Crippen LogP contribution is -2.29. The summed E-state index contributed by atoms with van der Waals surface area (Å²) in [6, 6.07) is 5.75. The first-order valence-corrected chi connectivity index (χ1v) is 7.69. The van der Waals surface area contributed by atoms with E-state index in [0.29, 0.717) is 12.5 Å². The van der Waals surface area contributed by atoms with E-state index >= 15 is 0 Å². The van der Waals surface area contributed by atoms with Crippen molar-refractivity contribution in [3.8, 4) is 5.75 Å². The molecule has 21 heavy (non-hydrogen) atoms. The Morgan fingerprint density at radius 1 is 1.48 bits per heavy atom. The number of imidazole rings is 1. The Bertz CT molecular complexity index is 605. The minimum atomic E-state index is 0.523. The highest BCUT2D eigenvalue weighted by atomic mass is 35.5. The molecule has 1 N–H and O–H groups in total. The Balaban J connectivity index is 1.87. The van der Waals surface area contributed by atoms with Crippen LogP contribution < -0.4 is 10.1 Å². The highest BCUT2D eigenvalue weighted by molar-refractivity contribution is 6.31. The molecule has 1 aliphatic rings. The van der Waals surface area contributed by atoms with E-state index in [-0.39, 0.29) is 0 Å². The highest BCUT2D eigenvalue weighted by Crippen LogP contribution is 2.29. The summed E-state index contributed by atoms with van der Waals surface area (Å²) in [6.07, 6.45) is 6.28. The van der Waals surface area contributed by atoms with Gasteiger partial charge in [-0.05, 0) is 31.5 Å². The number of methoxy groups -OCH3 is 1. The van der Waals surface area contributed by atoms with E-state index in [1.165, 1.54) is 18.5 Å². The molecule has 5 heteroatoms. The molecular weight excluding hydrogens is 286 g/mol. The monoisotopic (exact) mass is 305 g/mol. The molecular formula is C16H20ClN3O. The molecule has 0 saturated carbocycles. The fourth-order valence-corrected chi connectivity index (χ4v) is 3.19. The standard InChI is InChI=1S/C16H20ClN3O/c1-21-16-6-2-5-14(17)13(16)10-20-11-19-9-15(20)12-4-3-7-18-8-12/h2,5-6,9,11-12,18H,3-4,7-8,10H2,1H3. The molecule has 0 radical (unpaired) electrons. The normalized spacial score (nSPS) is 18.7. The van der Waals surface area contributed by atoms with Gasteiger partial charge in [0.2, 0.25) is 0 Å². The molecule has 1 aromatic carbocycles. The lowest BCUT2D eigenvalue weighted by molar-refractivity contribution is 0.406. The molecule has 1 unspecified atom stereocenters. The van der Waals surface area contributed by atoms with Crippen LogP contribution in [0, 0.1) is 0 Å². The number of benzene rings is 1. The number of aromatic nitrogens is 2. The first-order valence-electron chi connectivity index (χ1n) is 7.31. The van der Waals surface area contributed by atoms with Crippen molar-refractivity contribution in [3.05, 3.63) is 47.0 Å². The van der Waals surface area contributed by atoms with Gasteiger partial charge in [-0.2, -0.15) is 0 Å². The average molecular weight is 306 g/mol. The van der Waals surface area contributed by atoms with Crippen molar-refractivity contribution in [2.24, 2.45) is 0 Å². The first-order chi connectivity index (χ1) is 10.3. The van der Waals surface area contributed by atoms with Crippen LogP contribution in [0.25, 0.3) is 0 Å². The van der Waals surface area contributed by atoms with Crippen LogP contribution in [0.5, 0.6) is 5.75 Å². The molecule has 1 aromatic heterocycles. The van der Waals surface area contributed by atoms with E-state index in [9.17, 15) is 0 Å². The largest absolute Gasteiger partial charge is 0.496 e. The minimum Gasteiger partial charge on any atom is -0.496 e. The quantitative estimate of drug-likeness (QED) is 0.943. The molecule has 1 fully saturated rings. The van der Waals surface area contributed by atoms with Crippen molar-refractivity contribution in [1.29, 1.82) is 0 Å². The average Bonchev–Trinajstić information content (AvgIpc) is 2.98. The summed E-state index contributed by atoms with van der Waals surface area (Å²) in [5.74, 6) is 1.35. The third-order valence-corrected chi connectivity index (χ3v) is 4.44. The van der Waals surface area contributed by atoms with Gasteiger partial charge in [-0.1, -0.05) is 17.7 Å². The minimum absolute atomic E-state index is 0.523. The summed E-state index contributed by atoms with van der Waals surface area (Å²) < 4.78 is 7.61. The lowest BCUT2D eigenvalue weighted by atomic mass is 9.96. The molecule has 0 amide bonds. The number of nitrogens with zero attached hydrogens (tertiary/aromatic N) is 2. The Morgan fingerprint density at radius 3 is 3.14 bits per heavy atom. The second-order valence-electron chi connectivity index (χ2n) is 5.41. The number of piperidine rings is 1. The van der Waals surface area contributed by atoms with Gasteiger partial charge in [0.05, 0.1) is 20.0 Å². The Labute approximate surface area is 130 Å². The Hall–Kier alpha value is -1.52. The van der Waals surface area contributed by atoms with Gasteiger partial charge in [0.15, 0.2) is 0 Å². The van der Waals surface area contributed by atoms with Gasteiger partial charge in [-0.3, -0.25) is 0 Å². The van der Waals surface area contributed by atoms with Gasteiger partial charge < -0.3 is 14.6 Å². The van der Waals surface area contributed by atoms with Gasteiger partial charge in [0.25, 0.3) is 0 Å². The summed E-state index contributed by atoms with van der Waals surface area (Å²) in [5.41, 5.74) is 2.27. The molecule has 112 valence electrons. The highest BCUT2D eigenvalue weighted by Gasteiger charge is 2.19. The SMILES string of the molecule is COc1cccc(Cl)c1Cn1cncc1C1CCCNC1. The van der Waals surface area contributed by atoms with Crippen molar-refractivity contribution in [2.45, 2.75) is 25.3 Å². The Morgan fingerprint density at radius 2 is 2.38 bits per heavy atom. The maximum absolute atomic E-state index is 6.34. The van der Waals surface area contributed by atoms with Crippen LogP contribution in [0.1, 0.15) is 30.0 Å². The summed E-state index contributed by atoms with van der Waals surface area (Å²) >= 11 is 6.34. The molecule has 1 atom stereocenters. The van der Waals surface area contributed by atoms with Crippen molar-refractivity contribution in [1.82, 2.24) is 14.9 Å². The van der Waals surface area contributed by atoms with Crippen LogP contribution in [-0.4, -0.2) is 29.8 Å². The third-order valence-electron chi connectivity index (χ3n) is 4.08. The van der Waals surface area contributed by atoms with E-state index in [2.05, 4.69) is 14.9 Å². The summed E-state index contributed by atoms with van der Waals surface area (Å²) in [7, 11) is 1.68. The molecule has 1 aliphatic heterocycles. The summed E-state index contributed by atoms with van der Waals surface area (Å²) in [5, 5.41) is 4.19. The summed E-state index contributed by atoms with van der Waals surface area (Å²) in [6.45, 7) is 2.82. The zero-order valence-electron chi connectivity index (χ0n) is 12.2. The van der Waals surface area contributed by atoms with Crippen LogP contribution in [0.15, 0.2) is 30.7 Å². The predicted octanol–water partition coefficient (Wildman–Crippen LogP) is 3.06. The van der Waals surface area contributed by atoms with Gasteiger partial charge in [0.1, 0.15) is 5.75 Å². The smallest absolute Gasteiger partial charge is 0.125 e. The molecule has 1 saturated heterocycles. The lowest BCUT2D eigenvalue weighted by Gasteiger charge is -2.24. The summed E-state index contributed by atoms with van der Waals surface area (Å²) in [4.78, 5) is 4.33. The van der Waals surface area contributed by atoms with E-state index in [4.69, 9.17) is 16.3 Å². The fourth-order valence-electron chi connectivity index (χ4n) is 2.96. The molecule has 2 aromatic rings. The van der Waals surface area contributed by atoms with Crippen LogP contribution >= 0.6 is 11.6 Å².